The molecule has 0 fully saturated rings. The van der Waals surface area contributed by atoms with Gasteiger partial charge in [-0.2, -0.15) is 0 Å². The molecule has 0 bridgehead atoms. The lowest BCUT2D eigenvalue weighted by Crippen LogP contribution is -2.41. The fourth-order valence-corrected chi connectivity index (χ4v) is 4.17. The van der Waals surface area contributed by atoms with Crippen molar-refractivity contribution in [2.75, 3.05) is 13.6 Å². The number of aryl methyl sites for hydroxylation is 2. The van der Waals surface area contributed by atoms with E-state index in [4.69, 9.17) is 4.42 Å². The maximum atomic E-state index is 13.5. The van der Waals surface area contributed by atoms with Crippen molar-refractivity contribution in [2.24, 2.45) is 7.05 Å². The zero-order valence-electron chi connectivity index (χ0n) is 19.2. The van der Waals surface area contributed by atoms with Crippen LogP contribution in [-0.2, 0) is 13.5 Å². The smallest absolute Gasteiger partial charge is 0.267 e. The van der Waals surface area contributed by atoms with E-state index in [-0.39, 0.29) is 17.9 Å². The zero-order valence-corrected chi connectivity index (χ0v) is 19.2. The molecule has 4 rings (SSSR count). The average molecular weight is 444 g/mol. The lowest BCUT2D eigenvalue weighted by atomic mass is 9.99. The largest absolute Gasteiger partial charge is 0.464 e. The summed E-state index contributed by atoms with van der Waals surface area (Å²) in [5, 5.41) is 3.98. The Morgan fingerprint density at radius 3 is 2.61 bits per heavy atom. The van der Waals surface area contributed by atoms with E-state index in [0.717, 1.165) is 16.5 Å². The van der Waals surface area contributed by atoms with E-state index in [9.17, 15) is 9.59 Å². The van der Waals surface area contributed by atoms with Crippen molar-refractivity contribution in [1.29, 1.82) is 0 Å². The van der Waals surface area contributed by atoms with Gasteiger partial charge in [0.15, 0.2) is 0 Å². The summed E-state index contributed by atoms with van der Waals surface area (Å²) in [5.41, 5.74) is 4.00. The summed E-state index contributed by atoms with van der Waals surface area (Å²) < 4.78 is 7.31. The van der Waals surface area contributed by atoms with E-state index in [1.165, 1.54) is 0 Å². The van der Waals surface area contributed by atoms with Gasteiger partial charge in [0.2, 0.25) is 0 Å². The number of hydrogen-bond acceptors (Lipinski definition) is 3. The van der Waals surface area contributed by atoms with E-state index in [1.807, 2.05) is 69.7 Å². The molecular formula is C27H29N3O3. The van der Waals surface area contributed by atoms with Crippen molar-refractivity contribution in [3.05, 3.63) is 95.5 Å². The van der Waals surface area contributed by atoms with Crippen LogP contribution in [0.3, 0.4) is 0 Å². The number of fused-ring (bicyclic) bond motifs is 1. The number of carbonyl (C=O) groups is 2. The SMILES string of the molecule is Cc1cc2ccoc2cc1C(=O)N(C)C(CCNC(=O)c1cccn1C)Cc1ccccc1. The molecule has 1 N–H and O–H groups in total. The number of nitrogens with one attached hydrogen (secondary N) is 1. The highest BCUT2D eigenvalue weighted by Crippen LogP contribution is 2.23. The molecule has 170 valence electrons. The Bertz CT molecular complexity index is 1260. The van der Waals surface area contributed by atoms with Crippen LogP contribution < -0.4 is 5.32 Å². The predicted molar refractivity (Wildman–Crippen MR) is 129 cm³/mol. The average Bonchev–Trinajstić information content (AvgIpc) is 3.45. The number of furan rings is 1. The van der Waals surface area contributed by atoms with Gasteiger partial charge in [-0.25, -0.2) is 0 Å². The second-order valence-corrected chi connectivity index (χ2v) is 8.43. The van der Waals surface area contributed by atoms with Gasteiger partial charge in [0.1, 0.15) is 11.3 Å². The zero-order chi connectivity index (χ0) is 23.4. The van der Waals surface area contributed by atoms with Gasteiger partial charge in [0.25, 0.3) is 11.8 Å². The van der Waals surface area contributed by atoms with E-state index < -0.39 is 0 Å². The normalized spacial score (nSPS) is 12.0. The summed E-state index contributed by atoms with van der Waals surface area (Å²) in [5.74, 6) is -0.172. The van der Waals surface area contributed by atoms with Crippen LogP contribution in [0.15, 0.2) is 77.5 Å². The van der Waals surface area contributed by atoms with Crippen molar-refractivity contribution in [2.45, 2.75) is 25.8 Å². The number of benzene rings is 2. The second-order valence-electron chi connectivity index (χ2n) is 8.43. The number of likely N-dealkylation sites (N-methyl/N-ethyl adjacent to an activating group) is 1. The summed E-state index contributed by atoms with van der Waals surface area (Å²) >= 11 is 0. The van der Waals surface area contributed by atoms with E-state index in [2.05, 4.69) is 17.4 Å². The molecule has 1 atom stereocenters. The van der Waals surface area contributed by atoms with Crippen LogP contribution in [-0.4, -0.2) is 40.9 Å². The van der Waals surface area contributed by atoms with Gasteiger partial charge in [0.05, 0.1) is 6.26 Å². The van der Waals surface area contributed by atoms with Crippen molar-refractivity contribution in [3.8, 4) is 0 Å². The molecule has 2 heterocycles. The lowest BCUT2D eigenvalue weighted by Gasteiger charge is -2.29. The molecule has 2 aromatic heterocycles. The quantitative estimate of drug-likeness (QED) is 0.433. The second kappa shape index (κ2) is 9.77. The highest BCUT2D eigenvalue weighted by Gasteiger charge is 2.24. The van der Waals surface area contributed by atoms with Crippen LogP contribution in [0.2, 0.25) is 0 Å². The molecule has 6 heteroatoms. The third-order valence-electron chi connectivity index (χ3n) is 6.15. The number of rotatable bonds is 8. The Balaban J connectivity index is 1.51. The number of hydrogen-bond donors (Lipinski definition) is 1. The molecule has 4 aromatic rings. The Labute approximate surface area is 193 Å². The minimum atomic E-state index is -0.117. The maximum absolute atomic E-state index is 13.5. The fraction of sp³-hybridized carbons (Fsp3) is 0.259. The van der Waals surface area contributed by atoms with Crippen molar-refractivity contribution >= 4 is 22.8 Å². The third-order valence-corrected chi connectivity index (χ3v) is 6.15. The summed E-state index contributed by atoms with van der Waals surface area (Å²) in [6.45, 7) is 2.41. The lowest BCUT2D eigenvalue weighted by molar-refractivity contribution is 0.0722. The van der Waals surface area contributed by atoms with Crippen LogP contribution in [0.25, 0.3) is 11.0 Å². The molecule has 0 aliphatic rings. The van der Waals surface area contributed by atoms with Crippen molar-refractivity contribution < 1.29 is 14.0 Å². The van der Waals surface area contributed by atoms with E-state index in [0.29, 0.717) is 36.2 Å². The predicted octanol–water partition coefficient (Wildman–Crippen LogP) is 4.58. The Morgan fingerprint density at radius 2 is 1.88 bits per heavy atom. The van der Waals surface area contributed by atoms with Crippen LogP contribution in [0.1, 0.15) is 38.4 Å². The number of nitrogens with zero attached hydrogens (tertiary/aromatic N) is 2. The standard InChI is InChI=1S/C27H29N3O3/c1-19-16-21-12-15-33-25(21)18-23(19)27(32)30(3)22(17-20-8-5-4-6-9-20)11-13-28-26(31)24-10-7-14-29(24)2/h4-10,12,14-16,18,22H,11,13,17H2,1-3H3,(H,28,31). The molecule has 0 saturated heterocycles. The van der Waals surface area contributed by atoms with Crippen LogP contribution in [0, 0.1) is 6.92 Å². The molecule has 0 spiro atoms. The molecule has 0 radical (unpaired) electrons. The summed E-state index contributed by atoms with van der Waals surface area (Å²) in [7, 11) is 3.68. The highest BCUT2D eigenvalue weighted by molar-refractivity contribution is 5.99. The minimum absolute atomic E-state index is 0.0551. The molecule has 2 amide bonds. The molecule has 0 saturated carbocycles. The summed E-state index contributed by atoms with van der Waals surface area (Å²) in [6.07, 6.45) is 4.81. The first-order valence-electron chi connectivity index (χ1n) is 11.1. The highest BCUT2D eigenvalue weighted by atomic mass is 16.3. The molecule has 0 aliphatic carbocycles. The maximum Gasteiger partial charge on any atom is 0.267 e. The van der Waals surface area contributed by atoms with Gasteiger partial charge >= 0.3 is 0 Å². The minimum Gasteiger partial charge on any atom is -0.464 e. The first-order valence-corrected chi connectivity index (χ1v) is 11.1. The Hall–Kier alpha value is -3.80. The van der Waals surface area contributed by atoms with Crippen LogP contribution >= 0.6 is 0 Å². The molecule has 33 heavy (non-hydrogen) atoms. The molecular weight excluding hydrogens is 414 g/mol. The third kappa shape index (κ3) is 5.00. The van der Waals surface area contributed by atoms with Gasteiger partial charge < -0.3 is 19.2 Å². The van der Waals surface area contributed by atoms with Crippen LogP contribution in [0.5, 0.6) is 0 Å². The van der Waals surface area contributed by atoms with E-state index in [1.54, 1.807) is 21.8 Å². The van der Waals surface area contributed by atoms with Crippen molar-refractivity contribution in [3.63, 3.8) is 0 Å². The van der Waals surface area contributed by atoms with Gasteiger partial charge in [-0.15, -0.1) is 0 Å². The monoisotopic (exact) mass is 443 g/mol. The van der Waals surface area contributed by atoms with Gasteiger partial charge in [-0.1, -0.05) is 30.3 Å². The fourth-order valence-electron chi connectivity index (χ4n) is 4.17. The first-order chi connectivity index (χ1) is 15.9. The Kier molecular flexibility index (Phi) is 6.63. The number of aromatic nitrogens is 1. The topological polar surface area (TPSA) is 67.5 Å². The summed E-state index contributed by atoms with van der Waals surface area (Å²) in [4.78, 5) is 27.8. The van der Waals surface area contributed by atoms with E-state index >= 15 is 0 Å². The first kappa shape index (κ1) is 22.4. The van der Waals surface area contributed by atoms with Gasteiger partial charge in [-0.3, -0.25) is 9.59 Å². The molecule has 0 aliphatic heterocycles. The number of amides is 2. The summed E-state index contributed by atoms with van der Waals surface area (Å²) in [6, 6.07) is 19.4. The van der Waals surface area contributed by atoms with Crippen molar-refractivity contribution in [1.82, 2.24) is 14.8 Å². The van der Waals surface area contributed by atoms with Gasteiger partial charge in [0, 0.05) is 43.8 Å². The van der Waals surface area contributed by atoms with Crippen LogP contribution in [0.4, 0.5) is 0 Å². The van der Waals surface area contributed by atoms with Gasteiger partial charge in [-0.05, 0) is 61.2 Å². The molecule has 1 unspecified atom stereocenters. The number of carbonyl (C=O) groups excluding carboxylic acids is 2. The Morgan fingerprint density at radius 1 is 1.09 bits per heavy atom. The molecule has 6 nitrogen and oxygen atoms in total. The molecule has 2 aromatic carbocycles.